The summed E-state index contributed by atoms with van der Waals surface area (Å²) in [6, 6.07) is -0.913. The van der Waals surface area contributed by atoms with E-state index in [1.807, 2.05) is 0 Å². The van der Waals surface area contributed by atoms with Gasteiger partial charge >= 0.3 is 0 Å². The summed E-state index contributed by atoms with van der Waals surface area (Å²) in [6.45, 7) is 0.0449. The zero-order chi connectivity index (χ0) is 14.0. The lowest BCUT2D eigenvalue weighted by atomic mass is 9.93. The Bertz CT molecular complexity index is 296. The summed E-state index contributed by atoms with van der Waals surface area (Å²) >= 11 is 0. The van der Waals surface area contributed by atoms with Crippen LogP contribution in [0.25, 0.3) is 0 Å². The minimum atomic E-state index is -1.26. The molecular formula is C12H24N2O5. The molecule has 1 heterocycles. The van der Waals surface area contributed by atoms with E-state index in [-0.39, 0.29) is 6.54 Å². The van der Waals surface area contributed by atoms with Crippen LogP contribution in [0.15, 0.2) is 0 Å². The summed E-state index contributed by atoms with van der Waals surface area (Å²) in [6.07, 6.45) is -0.164. The van der Waals surface area contributed by atoms with E-state index in [0.29, 0.717) is 12.8 Å². The van der Waals surface area contributed by atoms with Crippen molar-refractivity contribution < 1.29 is 24.8 Å². The van der Waals surface area contributed by atoms with Crippen molar-refractivity contribution in [2.24, 2.45) is 11.5 Å². The molecule has 0 amide bonds. The van der Waals surface area contributed by atoms with Crippen LogP contribution in [0.4, 0.5) is 0 Å². The molecule has 19 heavy (non-hydrogen) atoms. The monoisotopic (exact) mass is 276 g/mol. The first-order chi connectivity index (χ1) is 8.97. The SMILES string of the molecule is NC[C@H]1O[C@H](OC2(O)CCCCC2)[C@@H](N)[C@@H](O)[C@@H]1O. The first-order valence-electron chi connectivity index (χ1n) is 6.84. The van der Waals surface area contributed by atoms with Crippen LogP contribution in [0.2, 0.25) is 0 Å². The molecule has 0 spiro atoms. The van der Waals surface area contributed by atoms with Gasteiger partial charge in [0.25, 0.3) is 0 Å². The Hall–Kier alpha value is -0.280. The molecule has 2 rings (SSSR count). The van der Waals surface area contributed by atoms with E-state index >= 15 is 0 Å². The molecule has 1 saturated heterocycles. The van der Waals surface area contributed by atoms with Crippen molar-refractivity contribution in [2.45, 2.75) is 68.5 Å². The van der Waals surface area contributed by atoms with Crippen LogP contribution in [0.5, 0.6) is 0 Å². The van der Waals surface area contributed by atoms with Crippen LogP contribution < -0.4 is 11.5 Å². The van der Waals surface area contributed by atoms with Gasteiger partial charge in [0.1, 0.15) is 18.3 Å². The lowest BCUT2D eigenvalue weighted by Gasteiger charge is -2.44. The zero-order valence-electron chi connectivity index (χ0n) is 10.9. The normalized spacial score (nSPS) is 43.1. The number of nitrogens with two attached hydrogens (primary N) is 2. The molecule has 7 nitrogen and oxygen atoms in total. The van der Waals surface area contributed by atoms with Crippen molar-refractivity contribution >= 4 is 0 Å². The van der Waals surface area contributed by atoms with Gasteiger partial charge in [-0.25, -0.2) is 0 Å². The third kappa shape index (κ3) is 3.25. The third-order valence-electron chi connectivity index (χ3n) is 3.95. The molecule has 112 valence electrons. The Balaban J connectivity index is 2.02. The summed E-state index contributed by atoms with van der Waals surface area (Å²) in [5.41, 5.74) is 11.3. The van der Waals surface area contributed by atoms with E-state index in [4.69, 9.17) is 20.9 Å². The minimum absolute atomic E-state index is 0.0449. The maximum Gasteiger partial charge on any atom is 0.179 e. The van der Waals surface area contributed by atoms with Crippen LogP contribution in [-0.2, 0) is 9.47 Å². The number of hydrogen-bond donors (Lipinski definition) is 5. The largest absolute Gasteiger partial charge is 0.388 e. The van der Waals surface area contributed by atoms with Gasteiger partial charge in [0.15, 0.2) is 12.1 Å². The molecule has 1 aliphatic heterocycles. The van der Waals surface area contributed by atoms with Crippen LogP contribution >= 0.6 is 0 Å². The van der Waals surface area contributed by atoms with Gasteiger partial charge in [-0.15, -0.1) is 0 Å². The van der Waals surface area contributed by atoms with Crippen LogP contribution in [-0.4, -0.2) is 58.3 Å². The molecule has 2 fully saturated rings. The van der Waals surface area contributed by atoms with Gasteiger partial charge < -0.3 is 36.3 Å². The molecule has 0 unspecified atom stereocenters. The maximum absolute atomic E-state index is 10.3. The van der Waals surface area contributed by atoms with Crippen molar-refractivity contribution in [3.8, 4) is 0 Å². The molecule has 2 aliphatic rings. The van der Waals surface area contributed by atoms with Gasteiger partial charge in [-0.1, -0.05) is 6.42 Å². The predicted molar refractivity (Wildman–Crippen MR) is 66.8 cm³/mol. The molecule has 7 heteroatoms. The Morgan fingerprint density at radius 1 is 1.16 bits per heavy atom. The molecule has 7 N–H and O–H groups in total. The number of hydrogen-bond acceptors (Lipinski definition) is 7. The summed E-state index contributed by atoms with van der Waals surface area (Å²) in [5.74, 6) is -1.26. The lowest BCUT2D eigenvalue weighted by molar-refractivity contribution is -0.342. The number of ether oxygens (including phenoxy) is 2. The van der Waals surface area contributed by atoms with Crippen molar-refractivity contribution in [2.75, 3.05) is 6.54 Å². The molecule has 0 aromatic rings. The highest BCUT2D eigenvalue weighted by molar-refractivity contribution is 4.92. The Morgan fingerprint density at radius 3 is 2.37 bits per heavy atom. The number of aliphatic hydroxyl groups excluding tert-OH is 2. The Morgan fingerprint density at radius 2 is 1.79 bits per heavy atom. The first-order valence-corrected chi connectivity index (χ1v) is 6.84. The van der Waals surface area contributed by atoms with Crippen molar-refractivity contribution in [1.29, 1.82) is 0 Å². The average molecular weight is 276 g/mol. The van der Waals surface area contributed by atoms with Gasteiger partial charge in [-0.2, -0.15) is 0 Å². The highest BCUT2D eigenvalue weighted by atomic mass is 16.7. The van der Waals surface area contributed by atoms with Gasteiger partial charge in [-0.05, 0) is 12.8 Å². The quantitative estimate of drug-likeness (QED) is 0.392. The van der Waals surface area contributed by atoms with Crippen molar-refractivity contribution in [3.63, 3.8) is 0 Å². The van der Waals surface area contributed by atoms with E-state index in [0.717, 1.165) is 19.3 Å². The van der Waals surface area contributed by atoms with E-state index in [2.05, 4.69) is 0 Å². The fourth-order valence-electron chi connectivity index (χ4n) is 2.69. The van der Waals surface area contributed by atoms with Crippen LogP contribution in [0.3, 0.4) is 0 Å². The Kier molecular flexibility index (Phi) is 4.78. The second-order valence-corrected chi connectivity index (χ2v) is 5.46. The number of rotatable bonds is 3. The molecule has 0 bridgehead atoms. The Labute approximate surface area is 112 Å². The molecule has 0 aromatic heterocycles. The third-order valence-corrected chi connectivity index (χ3v) is 3.95. The summed E-state index contributed by atoms with van der Waals surface area (Å²) in [4.78, 5) is 0. The molecular weight excluding hydrogens is 252 g/mol. The number of aliphatic hydroxyl groups is 3. The fourth-order valence-corrected chi connectivity index (χ4v) is 2.69. The van der Waals surface area contributed by atoms with Crippen LogP contribution in [0.1, 0.15) is 32.1 Å². The highest BCUT2D eigenvalue weighted by Gasteiger charge is 2.46. The summed E-state index contributed by atoms with van der Waals surface area (Å²) in [7, 11) is 0. The smallest absolute Gasteiger partial charge is 0.179 e. The molecule has 1 saturated carbocycles. The topological polar surface area (TPSA) is 131 Å². The molecule has 0 radical (unpaired) electrons. The van der Waals surface area contributed by atoms with E-state index in [1.54, 1.807) is 0 Å². The zero-order valence-corrected chi connectivity index (χ0v) is 10.9. The summed E-state index contributed by atoms with van der Waals surface area (Å²) in [5, 5.41) is 29.9. The average Bonchev–Trinajstić information content (AvgIpc) is 2.40. The predicted octanol–water partition coefficient (Wildman–Crippen LogP) is -1.61. The van der Waals surface area contributed by atoms with E-state index in [1.165, 1.54) is 0 Å². The second kappa shape index (κ2) is 6.01. The van der Waals surface area contributed by atoms with Gasteiger partial charge in [-0.3, -0.25) is 0 Å². The summed E-state index contributed by atoms with van der Waals surface area (Å²) < 4.78 is 11.0. The van der Waals surface area contributed by atoms with Gasteiger partial charge in [0.2, 0.25) is 0 Å². The first kappa shape index (κ1) is 15.1. The molecule has 5 atom stereocenters. The lowest BCUT2D eigenvalue weighted by Crippen LogP contribution is -2.64. The van der Waals surface area contributed by atoms with E-state index < -0.39 is 36.4 Å². The molecule has 1 aliphatic carbocycles. The standard InChI is InChI=1S/C12H24N2O5/c13-6-7-9(15)10(16)8(14)11(18-7)19-12(17)4-2-1-3-5-12/h7-11,15-17H,1-6,13-14H2/t7-,8+,9-,10-,11-/m1/s1. The fraction of sp³-hybridized carbons (Fsp3) is 1.00. The van der Waals surface area contributed by atoms with Crippen LogP contribution in [0, 0.1) is 0 Å². The second-order valence-electron chi connectivity index (χ2n) is 5.46. The van der Waals surface area contributed by atoms with Gasteiger partial charge in [0.05, 0.1) is 6.04 Å². The van der Waals surface area contributed by atoms with E-state index in [9.17, 15) is 15.3 Å². The maximum atomic E-state index is 10.3. The highest BCUT2D eigenvalue weighted by Crippen LogP contribution is 2.32. The van der Waals surface area contributed by atoms with Crippen molar-refractivity contribution in [3.05, 3.63) is 0 Å². The van der Waals surface area contributed by atoms with Gasteiger partial charge in [0, 0.05) is 19.4 Å². The minimum Gasteiger partial charge on any atom is -0.388 e. The molecule has 0 aromatic carbocycles. The van der Waals surface area contributed by atoms with Crippen molar-refractivity contribution in [1.82, 2.24) is 0 Å².